The molecular weight excluding hydrogens is 218 g/mol. The summed E-state index contributed by atoms with van der Waals surface area (Å²) in [5.41, 5.74) is 4.36. The fraction of sp³-hybridized carbons (Fsp3) is 0.647. The van der Waals surface area contributed by atoms with Crippen LogP contribution in [0.1, 0.15) is 42.4 Å². The normalized spacial score (nSPS) is 30.7. The number of benzene rings is 1. The van der Waals surface area contributed by atoms with E-state index in [9.17, 15) is 0 Å². The molecule has 1 aliphatic heterocycles. The maximum absolute atomic E-state index is 3.75. The second-order valence-electron chi connectivity index (χ2n) is 6.33. The molecule has 1 heterocycles. The molecule has 3 rings (SSSR count). The Morgan fingerprint density at radius 3 is 2.89 bits per heavy atom. The number of hydrogen-bond acceptors (Lipinski definition) is 1. The van der Waals surface area contributed by atoms with Crippen molar-refractivity contribution in [2.75, 3.05) is 6.54 Å². The van der Waals surface area contributed by atoms with Crippen LogP contribution in [0.3, 0.4) is 0 Å². The van der Waals surface area contributed by atoms with Crippen molar-refractivity contribution in [3.63, 3.8) is 0 Å². The van der Waals surface area contributed by atoms with E-state index in [-0.39, 0.29) is 0 Å². The van der Waals surface area contributed by atoms with Crippen LogP contribution in [0.2, 0.25) is 0 Å². The molecule has 2 fully saturated rings. The van der Waals surface area contributed by atoms with E-state index in [4.69, 9.17) is 0 Å². The van der Waals surface area contributed by atoms with Crippen LogP contribution in [0.5, 0.6) is 0 Å². The highest BCUT2D eigenvalue weighted by Crippen LogP contribution is 2.38. The van der Waals surface area contributed by atoms with Crippen LogP contribution in [-0.2, 0) is 6.42 Å². The zero-order valence-electron chi connectivity index (χ0n) is 11.7. The molecule has 1 saturated heterocycles. The summed E-state index contributed by atoms with van der Waals surface area (Å²) in [4.78, 5) is 0. The Hall–Kier alpha value is -0.820. The summed E-state index contributed by atoms with van der Waals surface area (Å²) >= 11 is 0. The number of fused-ring (bicyclic) bond motifs is 1. The third kappa shape index (κ3) is 2.33. The third-order valence-corrected chi connectivity index (χ3v) is 5.19. The Morgan fingerprint density at radius 1 is 1.17 bits per heavy atom. The lowest BCUT2D eigenvalue weighted by Crippen LogP contribution is -2.27. The standard InChI is InChI=1S/C17H25N/c1-12-6-7-14(10-13(12)2)8-9-17-16-5-3-4-15(16)11-18-17/h6-7,10,15-18H,3-5,8-9,11H2,1-2H3. The van der Waals surface area contributed by atoms with Crippen molar-refractivity contribution in [2.45, 2.75) is 52.0 Å². The van der Waals surface area contributed by atoms with Crippen LogP contribution in [-0.4, -0.2) is 12.6 Å². The van der Waals surface area contributed by atoms with Gasteiger partial charge in [-0.3, -0.25) is 0 Å². The highest BCUT2D eigenvalue weighted by molar-refractivity contribution is 5.30. The lowest BCUT2D eigenvalue weighted by Gasteiger charge is -2.18. The molecule has 1 heteroatoms. The second kappa shape index (κ2) is 5.05. The van der Waals surface area contributed by atoms with Gasteiger partial charge in [0.1, 0.15) is 0 Å². The molecule has 0 aromatic heterocycles. The van der Waals surface area contributed by atoms with Crippen molar-refractivity contribution in [1.82, 2.24) is 5.32 Å². The molecule has 3 unspecified atom stereocenters. The van der Waals surface area contributed by atoms with Crippen molar-refractivity contribution in [3.8, 4) is 0 Å². The fourth-order valence-electron chi connectivity index (χ4n) is 3.90. The SMILES string of the molecule is Cc1ccc(CCC2NCC3CCCC32)cc1C. The summed E-state index contributed by atoms with van der Waals surface area (Å²) in [7, 11) is 0. The van der Waals surface area contributed by atoms with E-state index in [0.717, 1.165) is 17.9 Å². The average molecular weight is 243 g/mol. The van der Waals surface area contributed by atoms with Gasteiger partial charge in [0.2, 0.25) is 0 Å². The third-order valence-electron chi connectivity index (χ3n) is 5.19. The minimum atomic E-state index is 0.791. The largest absolute Gasteiger partial charge is 0.313 e. The first kappa shape index (κ1) is 12.2. The van der Waals surface area contributed by atoms with E-state index in [1.165, 1.54) is 55.3 Å². The van der Waals surface area contributed by atoms with E-state index >= 15 is 0 Å². The summed E-state index contributed by atoms with van der Waals surface area (Å²) in [6.45, 7) is 5.70. The molecule has 0 spiro atoms. The quantitative estimate of drug-likeness (QED) is 0.855. The van der Waals surface area contributed by atoms with E-state index in [2.05, 4.69) is 37.4 Å². The molecule has 0 bridgehead atoms. The van der Waals surface area contributed by atoms with Crippen molar-refractivity contribution < 1.29 is 0 Å². The molecule has 18 heavy (non-hydrogen) atoms. The highest BCUT2D eigenvalue weighted by atomic mass is 15.0. The first-order valence-corrected chi connectivity index (χ1v) is 7.53. The summed E-state index contributed by atoms with van der Waals surface area (Å²) in [6, 6.07) is 7.74. The molecule has 1 nitrogen and oxygen atoms in total. The number of aryl methyl sites for hydroxylation is 3. The van der Waals surface area contributed by atoms with Gasteiger partial charge in [-0.1, -0.05) is 24.6 Å². The summed E-state index contributed by atoms with van der Waals surface area (Å²) in [5, 5.41) is 3.75. The van der Waals surface area contributed by atoms with Crippen LogP contribution >= 0.6 is 0 Å². The molecule has 3 atom stereocenters. The minimum Gasteiger partial charge on any atom is -0.313 e. The Kier molecular flexibility index (Phi) is 3.43. The lowest BCUT2D eigenvalue weighted by atomic mass is 9.90. The van der Waals surface area contributed by atoms with Gasteiger partial charge in [-0.2, -0.15) is 0 Å². The van der Waals surface area contributed by atoms with Gasteiger partial charge in [0.25, 0.3) is 0 Å². The molecule has 1 aliphatic carbocycles. The van der Waals surface area contributed by atoms with Crippen LogP contribution in [0.4, 0.5) is 0 Å². The van der Waals surface area contributed by atoms with Gasteiger partial charge < -0.3 is 5.32 Å². The molecular formula is C17H25N. The molecule has 98 valence electrons. The molecule has 1 N–H and O–H groups in total. The van der Waals surface area contributed by atoms with Crippen molar-refractivity contribution in [3.05, 3.63) is 34.9 Å². The first-order chi connectivity index (χ1) is 8.74. The topological polar surface area (TPSA) is 12.0 Å². The van der Waals surface area contributed by atoms with Crippen LogP contribution in [0.25, 0.3) is 0 Å². The van der Waals surface area contributed by atoms with Crippen LogP contribution < -0.4 is 5.32 Å². The molecule has 0 radical (unpaired) electrons. The average Bonchev–Trinajstić information content (AvgIpc) is 2.94. The Labute approximate surface area is 111 Å². The van der Waals surface area contributed by atoms with Crippen molar-refractivity contribution in [2.24, 2.45) is 11.8 Å². The smallest absolute Gasteiger partial charge is 0.0102 e. The van der Waals surface area contributed by atoms with Gasteiger partial charge in [0.15, 0.2) is 0 Å². The van der Waals surface area contributed by atoms with Crippen molar-refractivity contribution in [1.29, 1.82) is 0 Å². The molecule has 1 saturated carbocycles. The number of rotatable bonds is 3. The monoisotopic (exact) mass is 243 g/mol. The predicted octanol–water partition coefficient (Wildman–Crippen LogP) is 3.62. The zero-order chi connectivity index (χ0) is 12.5. The summed E-state index contributed by atoms with van der Waals surface area (Å²) < 4.78 is 0. The van der Waals surface area contributed by atoms with Crippen LogP contribution in [0, 0.1) is 25.7 Å². The van der Waals surface area contributed by atoms with Gasteiger partial charge >= 0.3 is 0 Å². The van der Waals surface area contributed by atoms with Gasteiger partial charge in [-0.15, -0.1) is 0 Å². The number of nitrogens with one attached hydrogen (secondary N) is 1. The van der Waals surface area contributed by atoms with Gasteiger partial charge in [0.05, 0.1) is 0 Å². The molecule has 2 aliphatic rings. The molecule has 0 amide bonds. The Balaban J connectivity index is 1.59. The predicted molar refractivity (Wildman–Crippen MR) is 76.9 cm³/mol. The van der Waals surface area contributed by atoms with Gasteiger partial charge in [-0.05, 0) is 74.6 Å². The molecule has 1 aromatic rings. The first-order valence-electron chi connectivity index (χ1n) is 7.53. The lowest BCUT2D eigenvalue weighted by molar-refractivity contribution is 0.393. The van der Waals surface area contributed by atoms with E-state index < -0.39 is 0 Å². The Morgan fingerprint density at radius 2 is 2.06 bits per heavy atom. The van der Waals surface area contributed by atoms with E-state index in [0.29, 0.717) is 0 Å². The molecule has 1 aromatic carbocycles. The zero-order valence-corrected chi connectivity index (χ0v) is 11.7. The van der Waals surface area contributed by atoms with Gasteiger partial charge in [0, 0.05) is 6.04 Å². The number of hydrogen-bond donors (Lipinski definition) is 1. The maximum Gasteiger partial charge on any atom is 0.0102 e. The van der Waals surface area contributed by atoms with Crippen LogP contribution in [0.15, 0.2) is 18.2 Å². The Bertz CT molecular complexity index is 424. The summed E-state index contributed by atoms with van der Waals surface area (Å²) in [6.07, 6.45) is 6.97. The maximum atomic E-state index is 3.75. The van der Waals surface area contributed by atoms with E-state index in [1.807, 2.05) is 0 Å². The van der Waals surface area contributed by atoms with Gasteiger partial charge in [-0.25, -0.2) is 0 Å². The second-order valence-corrected chi connectivity index (χ2v) is 6.33. The summed E-state index contributed by atoms with van der Waals surface area (Å²) in [5.74, 6) is 1.98. The minimum absolute atomic E-state index is 0.791. The van der Waals surface area contributed by atoms with Crippen molar-refractivity contribution >= 4 is 0 Å². The van der Waals surface area contributed by atoms with E-state index in [1.54, 1.807) is 0 Å². The highest BCUT2D eigenvalue weighted by Gasteiger charge is 2.38. The fourth-order valence-corrected chi connectivity index (χ4v) is 3.90.